The van der Waals surface area contributed by atoms with Crippen LogP contribution in [0.1, 0.15) is 17.5 Å². The van der Waals surface area contributed by atoms with Crippen molar-refractivity contribution in [2.24, 2.45) is 5.92 Å². The van der Waals surface area contributed by atoms with Gasteiger partial charge in [-0.1, -0.05) is 36.4 Å². The number of aromatic nitrogens is 2. The first-order valence-corrected chi connectivity index (χ1v) is 9.94. The Kier molecular flexibility index (Phi) is 5.44. The molecule has 6 nitrogen and oxygen atoms in total. The smallest absolute Gasteiger partial charge is 0.228 e. The van der Waals surface area contributed by atoms with E-state index in [1.165, 1.54) is 6.07 Å². The molecule has 2 aromatic carbocycles. The van der Waals surface area contributed by atoms with Gasteiger partial charge in [-0.15, -0.1) is 0 Å². The van der Waals surface area contributed by atoms with E-state index in [2.05, 4.69) is 31.7 Å². The van der Waals surface area contributed by atoms with Gasteiger partial charge in [0.25, 0.3) is 0 Å². The molecule has 3 aromatic rings. The summed E-state index contributed by atoms with van der Waals surface area (Å²) in [6, 6.07) is 14.0. The van der Waals surface area contributed by atoms with E-state index in [4.69, 9.17) is 0 Å². The maximum Gasteiger partial charge on any atom is 0.228 e. The second kappa shape index (κ2) is 8.16. The summed E-state index contributed by atoms with van der Waals surface area (Å²) in [4.78, 5) is 24.8. The average molecular weight is 457 g/mol. The number of fused-ring (bicyclic) bond motifs is 1. The highest BCUT2D eigenvalue weighted by molar-refractivity contribution is 9.10. The van der Waals surface area contributed by atoms with Gasteiger partial charge in [0.2, 0.25) is 11.8 Å². The van der Waals surface area contributed by atoms with Gasteiger partial charge in [0, 0.05) is 23.9 Å². The molecule has 0 aliphatic carbocycles. The van der Waals surface area contributed by atoms with Crippen LogP contribution in [0.3, 0.4) is 0 Å². The maximum atomic E-state index is 13.8. The predicted octanol–water partition coefficient (Wildman–Crippen LogP) is 3.97. The molecule has 4 rings (SSSR count). The molecule has 1 unspecified atom stereocenters. The number of anilines is 2. The Morgan fingerprint density at radius 3 is 2.83 bits per heavy atom. The van der Waals surface area contributed by atoms with Crippen LogP contribution in [-0.4, -0.2) is 21.6 Å². The monoisotopic (exact) mass is 456 g/mol. The highest BCUT2D eigenvalue weighted by atomic mass is 79.9. The Morgan fingerprint density at radius 2 is 2.00 bits per heavy atom. The number of hydrogen-bond donors (Lipinski definition) is 2. The van der Waals surface area contributed by atoms with Gasteiger partial charge in [0.05, 0.1) is 16.9 Å². The third-order valence-electron chi connectivity index (χ3n) is 4.81. The largest absolute Gasteiger partial charge is 0.326 e. The first-order chi connectivity index (χ1) is 14.0. The summed E-state index contributed by atoms with van der Waals surface area (Å²) in [5.41, 5.74) is 2.31. The van der Waals surface area contributed by atoms with E-state index in [1.54, 1.807) is 29.1 Å². The molecule has 0 spiro atoms. The summed E-state index contributed by atoms with van der Waals surface area (Å²) in [6.45, 7) is 0.239. The number of benzene rings is 2. The number of carbonyl (C=O) groups excluding carboxylic acids is 2. The van der Waals surface area contributed by atoms with Gasteiger partial charge in [0.1, 0.15) is 5.82 Å². The van der Waals surface area contributed by atoms with Gasteiger partial charge in [-0.3, -0.25) is 14.3 Å². The zero-order chi connectivity index (χ0) is 20.4. The molecule has 1 atom stereocenters. The molecule has 0 saturated carbocycles. The summed E-state index contributed by atoms with van der Waals surface area (Å²) < 4.78 is 16.0. The van der Waals surface area contributed by atoms with Crippen LogP contribution in [0.15, 0.2) is 59.2 Å². The molecule has 1 aliphatic heterocycles. The number of para-hydroxylation sites is 1. The zero-order valence-corrected chi connectivity index (χ0v) is 16.9. The van der Waals surface area contributed by atoms with Crippen molar-refractivity contribution in [3.8, 4) is 0 Å². The Bertz CT molecular complexity index is 1080. The Hall–Kier alpha value is -3.00. The van der Waals surface area contributed by atoms with Crippen LogP contribution >= 0.6 is 15.9 Å². The van der Waals surface area contributed by atoms with Crippen molar-refractivity contribution in [3.05, 3.63) is 76.1 Å². The fraction of sp³-hybridized carbons (Fsp3) is 0.190. The first kappa shape index (κ1) is 19.3. The second-order valence-corrected chi connectivity index (χ2v) is 7.77. The normalized spacial score (nSPS) is 15.5. The van der Waals surface area contributed by atoms with Gasteiger partial charge in [-0.25, -0.2) is 4.39 Å². The fourth-order valence-electron chi connectivity index (χ4n) is 3.35. The first-order valence-electron chi connectivity index (χ1n) is 9.14. The highest BCUT2D eigenvalue weighted by Crippen LogP contribution is 2.28. The summed E-state index contributed by atoms with van der Waals surface area (Å²) >= 11 is 3.36. The molecular weight excluding hydrogens is 439 g/mol. The lowest BCUT2D eigenvalue weighted by Crippen LogP contribution is -2.33. The zero-order valence-electron chi connectivity index (χ0n) is 15.4. The maximum absolute atomic E-state index is 13.8. The summed E-state index contributed by atoms with van der Waals surface area (Å²) in [7, 11) is 0. The molecule has 2 heterocycles. The number of nitrogens with zero attached hydrogens (tertiary/aromatic N) is 2. The van der Waals surface area contributed by atoms with Gasteiger partial charge in [-0.05, 0) is 40.0 Å². The van der Waals surface area contributed by atoms with Gasteiger partial charge < -0.3 is 10.6 Å². The van der Waals surface area contributed by atoms with E-state index >= 15 is 0 Å². The molecule has 148 valence electrons. The van der Waals surface area contributed by atoms with Crippen molar-refractivity contribution >= 4 is 39.2 Å². The van der Waals surface area contributed by atoms with E-state index in [-0.39, 0.29) is 30.6 Å². The third-order valence-corrected chi connectivity index (χ3v) is 5.39. The summed E-state index contributed by atoms with van der Waals surface area (Å²) in [5.74, 6) is -0.884. The van der Waals surface area contributed by atoms with Crippen LogP contribution in [0, 0.1) is 11.7 Å². The number of amides is 2. The molecular formula is C21H18BrFN4O2. The lowest BCUT2D eigenvalue weighted by atomic mass is 9.90. The van der Waals surface area contributed by atoms with Crippen molar-refractivity contribution in [1.82, 2.24) is 9.78 Å². The van der Waals surface area contributed by atoms with E-state index in [0.717, 1.165) is 11.3 Å². The molecule has 1 aromatic heterocycles. The number of nitrogens with one attached hydrogen (secondary N) is 2. The van der Waals surface area contributed by atoms with E-state index < -0.39 is 5.92 Å². The number of carbonyl (C=O) groups is 2. The van der Waals surface area contributed by atoms with Crippen molar-refractivity contribution in [3.63, 3.8) is 0 Å². The van der Waals surface area contributed by atoms with Crippen LogP contribution in [0.4, 0.5) is 15.9 Å². The minimum atomic E-state index is -0.441. The Balaban J connectivity index is 1.41. The fourth-order valence-corrected chi connectivity index (χ4v) is 3.76. The second-order valence-electron chi connectivity index (χ2n) is 6.91. The highest BCUT2D eigenvalue weighted by Gasteiger charge is 2.28. The molecule has 1 aliphatic rings. The van der Waals surface area contributed by atoms with Gasteiger partial charge >= 0.3 is 0 Å². The number of rotatable bonds is 5. The van der Waals surface area contributed by atoms with Crippen LogP contribution in [0.25, 0.3) is 0 Å². The van der Waals surface area contributed by atoms with Crippen molar-refractivity contribution in [2.75, 3.05) is 10.6 Å². The van der Waals surface area contributed by atoms with E-state index in [0.29, 0.717) is 22.3 Å². The lowest BCUT2D eigenvalue weighted by Gasteiger charge is -2.24. The Morgan fingerprint density at radius 1 is 1.24 bits per heavy atom. The van der Waals surface area contributed by atoms with Gasteiger partial charge in [0.15, 0.2) is 5.82 Å². The molecule has 0 fully saturated rings. The van der Waals surface area contributed by atoms with Crippen LogP contribution in [-0.2, 0) is 22.6 Å². The molecule has 2 N–H and O–H groups in total. The molecule has 0 radical (unpaired) electrons. The molecule has 8 heteroatoms. The molecule has 2 amide bonds. The van der Waals surface area contributed by atoms with E-state index in [1.807, 2.05) is 24.3 Å². The van der Waals surface area contributed by atoms with Crippen molar-refractivity contribution < 1.29 is 14.0 Å². The minimum absolute atomic E-state index is 0.0484. The van der Waals surface area contributed by atoms with E-state index in [9.17, 15) is 14.0 Å². The summed E-state index contributed by atoms with van der Waals surface area (Å²) in [6.07, 6.45) is 2.23. The Labute approximate surface area is 175 Å². The number of halogens is 2. The minimum Gasteiger partial charge on any atom is -0.326 e. The standard InChI is InChI=1S/C21H18BrFN4O2/c22-16-12-27(11-14-6-1-3-7-17(14)23)26-20(16)25-19(28)10-15-9-13-5-2-4-8-18(13)24-21(15)29/h1-8,12,15H,9-11H2,(H,24,29)(H,25,26,28). The van der Waals surface area contributed by atoms with Gasteiger partial charge in [-0.2, -0.15) is 5.10 Å². The molecule has 0 saturated heterocycles. The van der Waals surface area contributed by atoms with Crippen LogP contribution in [0.2, 0.25) is 0 Å². The van der Waals surface area contributed by atoms with Crippen LogP contribution in [0.5, 0.6) is 0 Å². The van der Waals surface area contributed by atoms with Crippen molar-refractivity contribution in [2.45, 2.75) is 19.4 Å². The molecule has 29 heavy (non-hydrogen) atoms. The summed E-state index contributed by atoms with van der Waals surface area (Å²) in [5, 5.41) is 9.88. The molecule has 0 bridgehead atoms. The quantitative estimate of drug-likeness (QED) is 0.609. The average Bonchev–Trinajstić information content (AvgIpc) is 3.03. The predicted molar refractivity (Wildman–Crippen MR) is 111 cm³/mol. The van der Waals surface area contributed by atoms with Crippen LogP contribution < -0.4 is 10.6 Å². The lowest BCUT2D eigenvalue weighted by molar-refractivity contribution is -0.125. The topological polar surface area (TPSA) is 76.0 Å². The third kappa shape index (κ3) is 4.37. The SMILES string of the molecule is O=C(CC1Cc2ccccc2NC1=O)Nc1nn(Cc2ccccc2F)cc1Br. The number of hydrogen-bond acceptors (Lipinski definition) is 3. The van der Waals surface area contributed by atoms with Crippen molar-refractivity contribution in [1.29, 1.82) is 0 Å².